The number of epoxide rings is 1. The molecule has 7 heavy (non-hydrogen) atoms. The molecule has 0 aromatic heterocycles. The average molecular weight is 165 g/mol. The lowest BCUT2D eigenvalue weighted by molar-refractivity contribution is 0.395. The molecule has 0 amide bonds. The summed E-state index contributed by atoms with van der Waals surface area (Å²) in [7, 11) is 0. The Hall–Kier alpha value is 0.440. The van der Waals surface area contributed by atoms with Crippen LogP contribution < -0.4 is 0 Å². The number of rotatable bonds is 3. The molecule has 0 aromatic rings. The Morgan fingerprint density at radius 1 is 1.71 bits per heavy atom. The van der Waals surface area contributed by atoms with Crippen LogP contribution in [0.25, 0.3) is 0 Å². The van der Waals surface area contributed by atoms with Gasteiger partial charge in [-0.25, -0.2) is 0 Å². The summed E-state index contributed by atoms with van der Waals surface area (Å²) in [6.07, 6.45) is 3.12. The van der Waals surface area contributed by atoms with E-state index in [0.717, 1.165) is 11.9 Å². The van der Waals surface area contributed by atoms with Crippen LogP contribution in [0.1, 0.15) is 12.8 Å². The third-order valence-electron chi connectivity index (χ3n) is 1.06. The van der Waals surface area contributed by atoms with Gasteiger partial charge in [-0.3, -0.25) is 0 Å². The van der Waals surface area contributed by atoms with Crippen molar-refractivity contribution in [1.82, 2.24) is 0 Å². The Morgan fingerprint density at radius 2 is 2.43 bits per heavy atom. The second-order valence-corrected chi connectivity index (χ2v) is 2.58. The highest BCUT2D eigenvalue weighted by atomic mass is 79.9. The molecule has 1 aliphatic heterocycles. The van der Waals surface area contributed by atoms with Gasteiger partial charge < -0.3 is 4.74 Å². The largest absolute Gasteiger partial charge is 0.373 e. The molecule has 0 aliphatic carbocycles. The zero-order valence-electron chi connectivity index (χ0n) is 4.19. The summed E-state index contributed by atoms with van der Waals surface area (Å²) in [4.78, 5) is 0. The van der Waals surface area contributed by atoms with Gasteiger partial charge in [0.2, 0.25) is 0 Å². The first kappa shape index (κ1) is 5.57. The maximum absolute atomic E-state index is 4.99. The molecule has 0 bridgehead atoms. The SMILES string of the molecule is BrCCC[C@H]1CO1. The second kappa shape index (κ2) is 2.68. The van der Waals surface area contributed by atoms with Crippen LogP contribution >= 0.6 is 15.9 Å². The predicted molar refractivity (Wildman–Crippen MR) is 32.8 cm³/mol. The number of hydrogen-bond acceptors (Lipinski definition) is 1. The minimum absolute atomic E-state index is 0.623. The summed E-state index contributed by atoms with van der Waals surface area (Å²) < 4.78 is 4.99. The normalized spacial score (nSPS) is 27.9. The lowest BCUT2D eigenvalue weighted by Gasteiger charge is -1.85. The zero-order valence-corrected chi connectivity index (χ0v) is 5.78. The van der Waals surface area contributed by atoms with Gasteiger partial charge in [-0.1, -0.05) is 15.9 Å². The minimum Gasteiger partial charge on any atom is -0.373 e. The van der Waals surface area contributed by atoms with Crippen molar-refractivity contribution in [3.8, 4) is 0 Å². The van der Waals surface area contributed by atoms with Gasteiger partial charge in [0.05, 0.1) is 12.7 Å². The fourth-order valence-corrected chi connectivity index (χ4v) is 0.863. The van der Waals surface area contributed by atoms with Crippen LogP contribution in [0.4, 0.5) is 0 Å². The van der Waals surface area contributed by atoms with Crippen LogP contribution in [0.15, 0.2) is 0 Å². The molecule has 1 aliphatic rings. The Morgan fingerprint density at radius 3 is 2.86 bits per heavy atom. The topological polar surface area (TPSA) is 12.5 Å². The van der Waals surface area contributed by atoms with Crippen LogP contribution in [-0.4, -0.2) is 18.0 Å². The third kappa shape index (κ3) is 2.29. The lowest BCUT2D eigenvalue weighted by Crippen LogP contribution is -1.83. The summed E-state index contributed by atoms with van der Waals surface area (Å²) in [5.74, 6) is 0. The monoisotopic (exact) mass is 164 g/mol. The van der Waals surface area contributed by atoms with E-state index in [9.17, 15) is 0 Å². The molecule has 2 heteroatoms. The molecule has 1 saturated heterocycles. The fourth-order valence-electron chi connectivity index (χ4n) is 0.540. The molecule has 0 spiro atoms. The third-order valence-corrected chi connectivity index (χ3v) is 1.62. The van der Waals surface area contributed by atoms with Crippen molar-refractivity contribution in [1.29, 1.82) is 0 Å². The van der Waals surface area contributed by atoms with E-state index >= 15 is 0 Å². The number of ether oxygens (including phenoxy) is 1. The van der Waals surface area contributed by atoms with Crippen LogP contribution in [-0.2, 0) is 4.74 Å². The van der Waals surface area contributed by atoms with Crippen molar-refractivity contribution in [2.24, 2.45) is 0 Å². The van der Waals surface area contributed by atoms with Gasteiger partial charge in [0, 0.05) is 5.33 Å². The quantitative estimate of drug-likeness (QED) is 0.456. The minimum atomic E-state index is 0.623. The first-order valence-electron chi connectivity index (χ1n) is 2.61. The number of alkyl halides is 1. The lowest BCUT2D eigenvalue weighted by atomic mass is 10.3. The van der Waals surface area contributed by atoms with E-state index in [-0.39, 0.29) is 0 Å². The van der Waals surface area contributed by atoms with E-state index in [1.165, 1.54) is 12.8 Å². The highest BCUT2D eigenvalue weighted by molar-refractivity contribution is 9.09. The maximum Gasteiger partial charge on any atom is 0.0810 e. The van der Waals surface area contributed by atoms with E-state index in [0.29, 0.717) is 6.10 Å². The standard InChI is InChI=1S/C5H9BrO/c6-3-1-2-5-4-7-5/h5H,1-4H2/t5-/m0/s1. The van der Waals surface area contributed by atoms with Gasteiger partial charge >= 0.3 is 0 Å². The summed E-state index contributed by atoms with van der Waals surface area (Å²) in [6.45, 7) is 1.01. The predicted octanol–water partition coefficient (Wildman–Crippen LogP) is 1.56. The van der Waals surface area contributed by atoms with Gasteiger partial charge in [-0.05, 0) is 12.8 Å². The fraction of sp³-hybridized carbons (Fsp3) is 1.00. The van der Waals surface area contributed by atoms with Gasteiger partial charge in [-0.2, -0.15) is 0 Å². The van der Waals surface area contributed by atoms with Crippen LogP contribution in [0.2, 0.25) is 0 Å². The van der Waals surface area contributed by atoms with Crippen molar-refractivity contribution in [3.63, 3.8) is 0 Å². The Kier molecular flexibility index (Phi) is 2.13. The van der Waals surface area contributed by atoms with Crippen molar-refractivity contribution < 1.29 is 4.74 Å². The van der Waals surface area contributed by atoms with Crippen molar-refractivity contribution >= 4 is 15.9 Å². The van der Waals surface area contributed by atoms with Crippen molar-refractivity contribution in [2.45, 2.75) is 18.9 Å². The number of halogens is 1. The molecule has 1 atom stereocenters. The molecule has 1 fully saturated rings. The summed E-state index contributed by atoms with van der Waals surface area (Å²) in [5.41, 5.74) is 0. The summed E-state index contributed by atoms with van der Waals surface area (Å²) >= 11 is 3.35. The van der Waals surface area contributed by atoms with Gasteiger partial charge in [-0.15, -0.1) is 0 Å². The molecule has 0 N–H and O–H groups in total. The highest BCUT2D eigenvalue weighted by Crippen LogP contribution is 2.15. The molecular weight excluding hydrogens is 156 g/mol. The molecule has 0 aromatic carbocycles. The smallest absolute Gasteiger partial charge is 0.0810 e. The molecule has 42 valence electrons. The second-order valence-electron chi connectivity index (χ2n) is 1.79. The van der Waals surface area contributed by atoms with E-state index in [2.05, 4.69) is 15.9 Å². The van der Waals surface area contributed by atoms with Crippen LogP contribution in [0.3, 0.4) is 0 Å². The van der Waals surface area contributed by atoms with Crippen molar-refractivity contribution in [2.75, 3.05) is 11.9 Å². The Balaban J connectivity index is 1.80. The van der Waals surface area contributed by atoms with Gasteiger partial charge in [0.1, 0.15) is 0 Å². The van der Waals surface area contributed by atoms with E-state index < -0.39 is 0 Å². The van der Waals surface area contributed by atoms with Gasteiger partial charge in [0.25, 0.3) is 0 Å². The van der Waals surface area contributed by atoms with E-state index in [4.69, 9.17) is 4.74 Å². The maximum atomic E-state index is 4.99. The Bertz CT molecular complexity index is 52.0. The molecule has 1 rings (SSSR count). The average Bonchev–Trinajstić information content (AvgIpc) is 2.42. The molecule has 0 unspecified atom stereocenters. The van der Waals surface area contributed by atoms with Crippen LogP contribution in [0, 0.1) is 0 Å². The van der Waals surface area contributed by atoms with E-state index in [1.807, 2.05) is 0 Å². The molecule has 1 nitrogen and oxygen atoms in total. The first-order chi connectivity index (χ1) is 3.43. The molecular formula is C5H9BrO. The molecule has 0 radical (unpaired) electrons. The number of hydrogen-bond donors (Lipinski definition) is 0. The summed E-state index contributed by atoms with van der Waals surface area (Å²) in [5, 5.41) is 1.12. The zero-order chi connectivity index (χ0) is 5.11. The summed E-state index contributed by atoms with van der Waals surface area (Å²) in [6, 6.07) is 0. The van der Waals surface area contributed by atoms with E-state index in [1.54, 1.807) is 0 Å². The highest BCUT2D eigenvalue weighted by Gasteiger charge is 2.20. The van der Waals surface area contributed by atoms with Crippen molar-refractivity contribution in [3.05, 3.63) is 0 Å². The van der Waals surface area contributed by atoms with Crippen LogP contribution in [0.5, 0.6) is 0 Å². The molecule has 1 heterocycles. The first-order valence-corrected chi connectivity index (χ1v) is 3.73. The Labute approximate surface area is 52.2 Å². The molecule has 0 saturated carbocycles. The van der Waals surface area contributed by atoms with Gasteiger partial charge in [0.15, 0.2) is 0 Å².